The summed E-state index contributed by atoms with van der Waals surface area (Å²) in [4.78, 5) is 0. The lowest BCUT2D eigenvalue weighted by Gasteiger charge is -2.10. The van der Waals surface area contributed by atoms with Gasteiger partial charge in [-0.1, -0.05) is 0 Å². The van der Waals surface area contributed by atoms with Gasteiger partial charge in [-0.25, -0.2) is 13.2 Å². The minimum atomic E-state index is -0.976. The Hall–Kier alpha value is -2.02. The molecule has 2 aromatic carbocycles. The van der Waals surface area contributed by atoms with Crippen LogP contribution in [0.3, 0.4) is 0 Å². The quantitative estimate of drug-likeness (QED) is 0.721. The number of hydrogen-bond acceptors (Lipinski definition) is 2. The molecule has 1 aromatic heterocycles. The van der Waals surface area contributed by atoms with Gasteiger partial charge in [0.05, 0.1) is 16.4 Å². The van der Waals surface area contributed by atoms with Crippen LogP contribution in [-0.2, 0) is 0 Å². The second kappa shape index (κ2) is 4.82. The number of halogens is 4. The van der Waals surface area contributed by atoms with Crippen molar-refractivity contribution in [1.29, 1.82) is 0 Å². The van der Waals surface area contributed by atoms with Crippen LogP contribution >= 0.6 is 15.9 Å². The van der Waals surface area contributed by atoms with Crippen LogP contribution in [0.25, 0.3) is 10.9 Å². The summed E-state index contributed by atoms with van der Waals surface area (Å²) < 4.78 is 40.2. The van der Waals surface area contributed by atoms with E-state index in [0.29, 0.717) is 16.8 Å². The Morgan fingerprint density at radius 1 is 1.10 bits per heavy atom. The van der Waals surface area contributed by atoms with Crippen LogP contribution in [0.5, 0.6) is 0 Å². The van der Waals surface area contributed by atoms with Gasteiger partial charge in [0.2, 0.25) is 0 Å². The third kappa shape index (κ3) is 2.14. The van der Waals surface area contributed by atoms with Crippen molar-refractivity contribution in [2.24, 2.45) is 0 Å². The average molecular weight is 342 g/mol. The van der Waals surface area contributed by atoms with E-state index >= 15 is 0 Å². The van der Waals surface area contributed by atoms with E-state index in [1.165, 1.54) is 12.3 Å². The summed E-state index contributed by atoms with van der Waals surface area (Å²) in [6.45, 7) is 0. The van der Waals surface area contributed by atoms with E-state index in [1.807, 2.05) is 0 Å². The van der Waals surface area contributed by atoms with E-state index < -0.39 is 17.5 Å². The predicted molar refractivity (Wildman–Crippen MR) is 73.4 cm³/mol. The van der Waals surface area contributed by atoms with Gasteiger partial charge in [0.1, 0.15) is 5.52 Å². The number of fused-ring (bicyclic) bond motifs is 1. The van der Waals surface area contributed by atoms with E-state index in [4.69, 9.17) is 0 Å². The molecule has 20 heavy (non-hydrogen) atoms. The summed E-state index contributed by atoms with van der Waals surface area (Å²) in [5, 5.41) is 9.69. The molecular weight excluding hydrogens is 335 g/mol. The second-order valence-corrected chi connectivity index (χ2v) is 4.93. The number of anilines is 2. The molecule has 0 unspecified atom stereocenters. The van der Waals surface area contributed by atoms with Gasteiger partial charge < -0.3 is 5.32 Å². The van der Waals surface area contributed by atoms with Crippen LogP contribution in [0, 0.1) is 17.5 Å². The Morgan fingerprint density at radius 3 is 2.65 bits per heavy atom. The maximum absolute atomic E-state index is 14.0. The first-order chi connectivity index (χ1) is 9.56. The van der Waals surface area contributed by atoms with Crippen LogP contribution < -0.4 is 5.32 Å². The first-order valence-corrected chi connectivity index (χ1v) is 6.38. The molecule has 3 nitrogen and oxygen atoms in total. The maximum Gasteiger partial charge on any atom is 0.165 e. The number of aromatic amines is 1. The largest absolute Gasteiger partial charge is 0.354 e. The number of nitrogens with zero attached hydrogens (tertiary/aromatic N) is 1. The topological polar surface area (TPSA) is 40.7 Å². The van der Waals surface area contributed by atoms with Crippen molar-refractivity contribution in [3.63, 3.8) is 0 Å². The molecule has 0 spiro atoms. The van der Waals surface area contributed by atoms with Gasteiger partial charge in [0.15, 0.2) is 17.5 Å². The Kier molecular flexibility index (Phi) is 3.13. The van der Waals surface area contributed by atoms with Crippen molar-refractivity contribution in [2.75, 3.05) is 5.32 Å². The van der Waals surface area contributed by atoms with Crippen LogP contribution in [0.4, 0.5) is 24.5 Å². The number of nitrogens with one attached hydrogen (secondary N) is 2. The average Bonchev–Trinajstić information content (AvgIpc) is 2.88. The predicted octanol–water partition coefficient (Wildman–Crippen LogP) is 4.49. The van der Waals surface area contributed by atoms with Crippen molar-refractivity contribution in [3.05, 3.63) is 52.4 Å². The van der Waals surface area contributed by atoms with Gasteiger partial charge in [0, 0.05) is 17.1 Å². The zero-order valence-corrected chi connectivity index (χ0v) is 11.4. The third-order valence-corrected chi connectivity index (χ3v) is 3.59. The molecule has 0 fully saturated rings. The lowest BCUT2D eigenvalue weighted by atomic mass is 10.2. The van der Waals surface area contributed by atoms with Crippen molar-refractivity contribution in [1.82, 2.24) is 10.2 Å². The summed E-state index contributed by atoms with van der Waals surface area (Å²) in [7, 11) is 0. The van der Waals surface area contributed by atoms with E-state index in [1.54, 1.807) is 6.07 Å². The number of H-pyrrole nitrogens is 1. The minimum Gasteiger partial charge on any atom is -0.354 e. The Bertz CT molecular complexity index is 801. The van der Waals surface area contributed by atoms with Gasteiger partial charge in [-0.3, -0.25) is 5.10 Å². The highest BCUT2D eigenvalue weighted by Crippen LogP contribution is 2.33. The van der Waals surface area contributed by atoms with E-state index in [0.717, 1.165) is 12.1 Å². The molecule has 0 radical (unpaired) electrons. The van der Waals surface area contributed by atoms with Crippen molar-refractivity contribution >= 4 is 38.2 Å². The van der Waals surface area contributed by atoms with Crippen LogP contribution in [0.2, 0.25) is 0 Å². The van der Waals surface area contributed by atoms with Crippen LogP contribution in [0.1, 0.15) is 0 Å². The van der Waals surface area contributed by atoms with Gasteiger partial charge in [-0.05, 0) is 34.1 Å². The lowest BCUT2D eigenvalue weighted by molar-refractivity contribution is 0.509. The molecule has 1 heterocycles. The van der Waals surface area contributed by atoms with Crippen LogP contribution in [0.15, 0.2) is 34.9 Å². The van der Waals surface area contributed by atoms with Crippen molar-refractivity contribution in [2.45, 2.75) is 0 Å². The first-order valence-electron chi connectivity index (χ1n) is 5.59. The molecule has 7 heteroatoms. The maximum atomic E-state index is 14.0. The molecule has 2 N–H and O–H groups in total. The molecule has 3 rings (SSSR count). The lowest BCUT2D eigenvalue weighted by Crippen LogP contribution is -1.95. The van der Waals surface area contributed by atoms with Crippen molar-refractivity contribution in [3.8, 4) is 0 Å². The van der Waals surface area contributed by atoms with E-state index in [2.05, 4.69) is 31.4 Å². The van der Waals surface area contributed by atoms with Gasteiger partial charge in [0.25, 0.3) is 0 Å². The first kappa shape index (κ1) is 13.0. The summed E-state index contributed by atoms with van der Waals surface area (Å²) in [6, 6.07) is 5.01. The molecule has 0 aliphatic heterocycles. The molecule has 0 atom stereocenters. The molecular formula is C13H7BrF3N3. The zero-order valence-electron chi connectivity index (χ0n) is 9.85. The highest BCUT2D eigenvalue weighted by molar-refractivity contribution is 9.10. The van der Waals surface area contributed by atoms with Gasteiger partial charge in [-0.15, -0.1) is 0 Å². The summed E-state index contributed by atoms with van der Waals surface area (Å²) in [6.07, 6.45) is 1.47. The molecule has 0 aliphatic rings. The van der Waals surface area contributed by atoms with Crippen LogP contribution in [-0.4, -0.2) is 10.2 Å². The fourth-order valence-electron chi connectivity index (χ4n) is 1.85. The Labute approximate surface area is 119 Å². The number of aromatic nitrogens is 2. The molecule has 0 amide bonds. The fraction of sp³-hybridized carbons (Fsp3) is 0. The Morgan fingerprint density at radius 2 is 1.90 bits per heavy atom. The molecule has 0 saturated carbocycles. The molecule has 0 bridgehead atoms. The highest BCUT2D eigenvalue weighted by atomic mass is 79.9. The highest BCUT2D eigenvalue weighted by Gasteiger charge is 2.13. The molecule has 3 aromatic rings. The van der Waals surface area contributed by atoms with Gasteiger partial charge in [-0.2, -0.15) is 5.10 Å². The normalized spacial score (nSPS) is 11.0. The number of rotatable bonds is 2. The molecule has 0 saturated heterocycles. The standard InChI is InChI=1S/C13H7BrF3N3/c14-11-10(3-6-5-18-20-13(6)12(11)17)19-7-1-2-8(15)9(16)4-7/h1-5,19H,(H,18,20). The molecule has 102 valence electrons. The molecule has 0 aliphatic carbocycles. The van der Waals surface area contributed by atoms with E-state index in [9.17, 15) is 13.2 Å². The summed E-state index contributed by atoms with van der Waals surface area (Å²) in [5.41, 5.74) is 0.974. The third-order valence-electron chi connectivity index (χ3n) is 2.82. The zero-order chi connectivity index (χ0) is 14.3. The minimum absolute atomic E-state index is 0.180. The van der Waals surface area contributed by atoms with E-state index in [-0.39, 0.29) is 9.99 Å². The fourth-order valence-corrected chi connectivity index (χ4v) is 2.26. The van der Waals surface area contributed by atoms with Gasteiger partial charge >= 0.3 is 0 Å². The number of benzene rings is 2. The Balaban J connectivity index is 2.05. The number of hydrogen-bond donors (Lipinski definition) is 2. The van der Waals surface area contributed by atoms with Crippen molar-refractivity contribution < 1.29 is 13.2 Å². The summed E-state index contributed by atoms with van der Waals surface area (Å²) in [5.74, 6) is -2.42. The monoisotopic (exact) mass is 341 g/mol. The second-order valence-electron chi connectivity index (χ2n) is 4.14. The summed E-state index contributed by atoms with van der Waals surface area (Å²) >= 11 is 3.12. The smallest absolute Gasteiger partial charge is 0.165 e. The SMILES string of the molecule is Fc1ccc(Nc2cc3cn[nH]c3c(F)c2Br)cc1F.